The Balaban J connectivity index is 1.90. The van der Waals surface area contributed by atoms with E-state index in [9.17, 15) is 4.79 Å². The predicted molar refractivity (Wildman–Crippen MR) is 50.2 cm³/mol. The van der Waals surface area contributed by atoms with Crippen molar-refractivity contribution in [3.63, 3.8) is 0 Å². The van der Waals surface area contributed by atoms with Gasteiger partial charge in [-0.05, 0) is 51.9 Å². The molecule has 0 aliphatic heterocycles. The van der Waals surface area contributed by atoms with Gasteiger partial charge in [-0.2, -0.15) is 0 Å². The summed E-state index contributed by atoms with van der Waals surface area (Å²) in [6.45, 7) is 5.80. The Bertz CT molecular complexity index is 227. The summed E-state index contributed by atoms with van der Waals surface area (Å²) in [6.07, 6.45) is 3.57. The van der Waals surface area contributed by atoms with Crippen LogP contribution >= 0.6 is 0 Å². The van der Waals surface area contributed by atoms with Crippen molar-refractivity contribution in [3.8, 4) is 0 Å². The van der Waals surface area contributed by atoms with Gasteiger partial charge >= 0.3 is 5.97 Å². The Kier molecular flexibility index (Phi) is 1.90. The summed E-state index contributed by atoms with van der Waals surface area (Å²) in [7, 11) is 0. The monoisotopic (exact) mass is 182 g/mol. The van der Waals surface area contributed by atoms with Crippen molar-refractivity contribution >= 4 is 5.97 Å². The highest BCUT2D eigenvalue weighted by Crippen LogP contribution is 2.55. The molecule has 74 valence electrons. The van der Waals surface area contributed by atoms with E-state index in [1.165, 1.54) is 12.8 Å². The molecule has 0 aromatic heterocycles. The lowest BCUT2D eigenvalue weighted by molar-refractivity contribution is -0.160. The maximum atomic E-state index is 11.7. The molecule has 3 atom stereocenters. The SMILES string of the molecule is CC(C)(C)OC(=O)C1CCC2CC21. The van der Waals surface area contributed by atoms with Gasteiger partial charge in [0.1, 0.15) is 5.60 Å². The molecule has 2 saturated carbocycles. The molecule has 0 bridgehead atoms. The summed E-state index contributed by atoms with van der Waals surface area (Å²) >= 11 is 0. The standard InChI is InChI=1S/C11H18O2/c1-11(2,3)13-10(12)8-5-4-7-6-9(7)8/h7-9H,4-6H2,1-3H3. The highest BCUT2D eigenvalue weighted by molar-refractivity contribution is 5.74. The normalized spacial score (nSPS) is 37.0. The van der Waals surface area contributed by atoms with Crippen LogP contribution in [0.5, 0.6) is 0 Å². The quantitative estimate of drug-likeness (QED) is 0.582. The van der Waals surface area contributed by atoms with Gasteiger partial charge in [0.15, 0.2) is 0 Å². The first kappa shape index (κ1) is 9.04. The van der Waals surface area contributed by atoms with E-state index in [0.717, 1.165) is 12.3 Å². The summed E-state index contributed by atoms with van der Waals surface area (Å²) in [5.41, 5.74) is -0.315. The van der Waals surface area contributed by atoms with Crippen LogP contribution in [0.25, 0.3) is 0 Å². The Labute approximate surface area is 79.7 Å². The Morgan fingerprint density at radius 2 is 2.00 bits per heavy atom. The molecule has 2 heteroatoms. The fourth-order valence-electron chi connectivity index (χ4n) is 2.37. The van der Waals surface area contributed by atoms with Crippen molar-refractivity contribution in [3.05, 3.63) is 0 Å². The van der Waals surface area contributed by atoms with Gasteiger partial charge in [0.2, 0.25) is 0 Å². The first-order chi connectivity index (χ1) is 5.97. The zero-order chi connectivity index (χ0) is 9.64. The molecule has 2 aliphatic carbocycles. The maximum Gasteiger partial charge on any atom is 0.309 e. The second-order valence-corrected chi connectivity index (χ2v) is 5.38. The molecule has 2 rings (SSSR count). The summed E-state index contributed by atoms with van der Waals surface area (Å²) in [5, 5.41) is 0. The van der Waals surface area contributed by atoms with Crippen LogP contribution in [0.15, 0.2) is 0 Å². The average Bonchev–Trinajstić information content (AvgIpc) is 2.59. The molecule has 0 amide bonds. The number of carbonyl (C=O) groups excluding carboxylic acids is 1. The van der Waals surface area contributed by atoms with Gasteiger partial charge in [-0.15, -0.1) is 0 Å². The van der Waals surface area contributed by atoms with Gasteiger partial charge in [0.05, 0.1) is 5.92 Å². The van der Waals surface area contributed by atoms with E-state index in [4.69, 9.17) is 4.74 Å². The first-order valence-electron chi connectivity index (χ1n) is 5.20. The molecule has 3 unspecified atom stereocenters. The molecule has 0 saturated heterocycles. The summed E-state index contributed by atoms with van der Waals surface area (Å²) in [6, 6.07) is 0. The lowest BCUT2D eigenvalue weighted by Crippen LogP contribution is -2.28. The second-order valence-electron chi connectivity index (χ2n) is 5.38. The number of carbonyl (C=O) groups is 1. The molecule has 0 heterocycles. The lowest BCUT2D eigenvalue weighted by Gasteiger charge is -2.22. The largest absolute Gasteiger partial charge is 0.460 e. The topological polar surface area (TPSA) is 26.3 Å². The van der Waals surface area contributed by atoms with E-state index in [0.29, 0.717) is 5.92 Å². The minimum absolute atomic E-state index is 0.0394. The molecule has 0 aromatic rings. The number of hydrogen-bond donors (Lipinski definition) is 0. The van der Waals surface area contributed by atoms with E-state index in [-0.39, 0.29) is 17.5 Å². The molecule has 0 aromatic carbocycles. The van der Waals surface area contributed by atoms with Crippen LogP contribution in [0.2, 0.25) is 0 Å². The fraction of sp³-hybridized carbons (Fsp3) is 0.909. The van der Waals surface area contributed by atoms with Crippen molar-refractivity contribution in [1.82, 2.24) is 0 Å². The smallest absolute Gasteiger partial charge is 0.309 e. The molecule has 2 fully saturated rings. The maximum absolute atomic E-state index is 11.7. The van der Waals surface area contributed by atoms with E-state index >= 15 is 0 Å². The number of fused-ring (bicyclic) bond motifs is 1. The highest BCUT2D eigenvalue weighted by atomic mass is 16.6. The van der Waals surface area contributed by atoms with Crippen molar-refractivity contribution in [2.45, 2.75) is 45.6 Å². The third-order valence-electron chi connectivity index (χ3n) is 3.05. The molecular weight excluding hydrogens is 164 g/mol. The zero-order valence-electron chi connectivity index (χ0n) is 8.67. The van der Waals surface area contributed by atoms with Crippen LogP contribution in [-0.2, 0) is 9.53 Å². The summed E-state index contributed by atoms with van der Waals surface area (Å²) in [5.74, 6) is 1.80. The van der Waals surface area contributed by atoms with Crippen LogP contribution in [0.1, 0.15) is 40.0 Å². The van der Waals surface area contributed by atoms with E-state index < -0.39 is 0 Å². The number of rotatable bonds is 1. The molecule has 0 N–H and O–H groups in total. The van der Waals surface area contributed by atoms with Gasteiger partial charge in [-0.25, -0.2) is 0 Å². The zero-order valence-corrected chi connectivity index (χ0v) is 8.67. The second kappa shape index (κ2) is 2.73. The van der Waals surface area contributed by atoms with Crippen LogP contribution in [0, 0.1) is 17.8 Å². The van der Waals surface area contributed by atoms with Gasteiger partial charge in [-0.1, -0.05) is 0 Å². The van der Waals surface area contributed by atoms with E-state index in [1.807, 2.05) is 20.8 Å². The molecule has 2 aliphatic rings. The Hall–Kier alpha value is -0.530. The van der Waals surface area contributed by atoms with Gasteiger partial charge in [0.25, 0.3) is 0 Å². The predicted octanol–water partition coefficient (Wildman–Crippen LogP) is 2.37. The number of ether oxygens (including phenoxy) is 1. The van der Waals surface area contributed by atoms with E-state index in [2.05, 4.69) is 0 Å². The van der Waals surface area contributed by atoms with Gasteiger partial charge < -0.3 is 4.74 Å². The molecule has 2 nitrogen and oxygen atoms in total. The van der Waals surface area contributed by atoms with Crippen molar-refractivity contribution in [2.75, 3.05) is 0 Å². The Morgan fingerprint density at radius 3 is 2.38 bits per heavy atom. The minimum atomic E-state index is -0.315. The van der Waals surface area contributed by atoms with Gasteiger partial charge in [0, 0.05) is 0 Å². The molecule has 0 spiro atoms. The van der Waals surface area contributed by atoms with Crippen LogP contribution in [0.3, 0.4) is 0 Å². The number of esters is 1. The molecule has 13 heavy (non-hydrogen) atoms. The highest BCUT2D eigenvalue weighted by Gasteiger charge is 2.51. The van der Waals surface area contributed by atoms with Crippen LogP contribution < -0.4 is 0 Å². The third kappa shape index (κ3) is 1.87. The fourth-order valence-corrected chi connectivity index (χ4v) is 2.37. The lowest BCUT2D eigenvalue weighted by atomic mass is 10.0. The van der Waals surface area contributed by atoms with Crippen LogP contribution in [0.4, 0.5) is 0 Å². The van der Waals surface area contributed by atoms with Crippen molar-refractivity contribution in [2.24, 2.45) is 17.8 Å². The summed E-state index contributed by atoms with van der Waals surface area (Å²) in [4.78, 5) is 11.7. The minimum Gasteiger partial charge on any atom is -0.460 e. The first-order valence-corrected chi connectivity index (χ1v) is 5.20. The van der Waals surface area contributed by atoms with Crippen molar-refractivity contribution < 1.29 is 9.53 Å². The third-order valence-corrected chi connectivity index (χ3v) is 3.05. The number of hydrogen-bond acceptors (Lipinski definition) is 2. The van der Waals surface area contributed by atoms with Crippen molar-refractivity contribution in [1.29, 1.82) is 0 Å². The van der Waals surface area contributed by atoms with Gasteiger partial charge in [-0.3, -0.25) is 4.79 Å². The Morgan fingerprint density at radius 1 is 1.31 bits per heavy atom. The van der Waals surface area contributed by atoms with E-state index in [1.54, 1.807) is 0 Å². The molecular formula is C11H18O2. The van der Waals surface area contributed by atoms with Crippen LogP contribution in [-0.4, -0.2) is 11.6 Å². The average molecular weight is 182 g/mol. The molecule has 0 radical (unpaired) electrons. The summed E-state index contributed by atoms with van der Waals surface area (Å²) < 4.78 is 5.38.